The lowest BCUT2D eigenvalue weighted by atomic mass is 9.95. The zero-order valence-corrected chi connectivity index (χ0v) is 13.3. The second kappa shape index (κ2) is 6.66. The molecule has 5 heteroatoms. The van der Waals surface area contributed by atoms with Crippen LogP contribution in [0.25, 0.3) is 10.9 Å². The SMILES string of the molecule is COc1c(C(C=O)c2ccc(F)cc2)nc2ccccc2c1OC. The lowest BCUT2D eigenvalue weighted by molar-refractivity contribution is -0.108. The van der Waals surface area contributed by atoms with Crippen molar-refractivity contribution in [2.75, 3.05) is 14.2 Å². The molecular formula is C19H16FNO3. The van der Waals surface area contributed by atoms with E-state index in [4.69, 9.17) is 9.47 Å². The summed E-state index contributed by atoms with van der Waals surface area (Å²) in [5.74, 6) is -0.122. The van der Waals surface area contributed by atoms with Crippen LogP contribution in [0.3, 0.4) is 0 Å². The third-order valence-electron chi connectivity index (χ3n) is 3.90. The third-order valence-corrected chi connectivity index (χ3v) is 3.90. The average Bonchev–Trinajstić information content (AvgIpc) is 2.62. The van der Waals surface area contributed by atoms with Gasteiger partial charge in [0, 0.05) is 5.39 Å². The quantitative estimate of drug-likeness (QED) is 0.671. The molecule has 0 N–H and O–H groups in total. The molecular weight excluding hydrogens is 309 g/mol. The zero-order chi connectivity index (χ0) is 17.1. The van der Waals surface area contributed by atoms with E-state index >= 15 is 0 Å². The summed E-state index contributed by atoms with van der Waals surface area (Å²) >= 11 is 0. The van der Waals surface area contributed by atoms with Crippen LogP contribution in [-0.4, -0.2) is 25.5 Å². The molecule has 0 spiro atoms. The number of nitrogens with zero attached hydrogens (tertiary/aromatic N) is 1. The number of methoxy groups -OCH3 is 2. The first kappa shape index (κ1) is 15.9. The molecule has 1 atom stereocenters. The normalized spacial score (nSPS) is 12.0. The molecule has 0 saturated carbocycles. The number of aromatic nitrogens is 1. The van der Waals surface area contributed by atoms with Gasteiger partial charge in [-0.15, -0.1) is 0 Å². The number of halogens is 1. The standard InChI is InChI=1S/C19H16FNO3/c1-23-18-14-5-3-4-6-16(14)21-17(19(18)24-2)15(11-22)12-7-9-13(20)10-8-12/h3-11,15H,1-2H3. The zero-order valence-electron chi connectivity index (χ0n) is 13.3. The van der Waals surface area contributed by atoms with Gasteiger partial charge in [0.15, 0.2) is 11.5 Å². The number of aldehydes is 1. The summed E-state index contributed by atoms with van der Waals surface area (Å²) in [5, 5.41) is 0.796. The summed E-state index contributed by atoms with van der Waals surface area (Å²) in [6.07, 6.45) is 0.770. The third kappa shape index (κ3) is 2.69. The van der Waals surface area contributed by atoms with Gasteiger partial charge in [0.1, 0.15) is 17.8 Å². The Bertz CT molecular complexity index is 878. The first-order valence-corrected chi connectivity index (χ1v) is 7.41. The van der Waals surface area contributed by atoms with Gasteiger partial charge < -0.3 is 14.3 Å². The van der Waals surface area contributed by atoms with Crippen LogP contribution in [0.15, 0.2) is 48.5 Å². The van der Waals surface area contributed by atoms with E-state index in [1.807, 2.05) is 24.3 Å². The van der Waals surface area contributed by atoms with Gasteiger partial charge >= 0.3 is 0 Å². The number of benzene rings is 2. The van der Waals surface area contributed by atoms with Gasteiger partial charge in [-0.3, -0.25) is 0 Å². The molecule has 3 aromatic rings. The highest BCUT2D eigenvalue weighted by molar-refractivity contribution is 5.89. The van der Waals surface area contributed by atoms with Gasteiger partial charge in [0.25, 0.3) is 0 Å². The Labute approximate surface area is 138 Å². The van der Waals surface area contributed by atoms with Gasteiger partial charge in [-0.25, -0.2) is 9.37 Å². The molecule has 0 fully saturated rings. The van der Waals surface area contributed by atoms with Gasteiger partial charge in [-0.05, 0) is 29.8 Å². The Hall–Kier alpha value is -2.95. The van der Waals surface area contributed by atoms with Crippen molar-refractivity contribution < 1.29 is 18.7 Å². The van der Waals surface area contributed by atoms with E-state index in [1.54, 1.807) is 19.2 Å². The Morgan fingerprint density at radius 3 is 2.29 bits per heavy atom. The Morgan fingerprint density at radius 2 is 1.67 bits per heavy atom. The summed E-state index contributed by atoms with van der Waals surface area (Å²) in [4.78, 5) is 16.4. The van der Waals surface area contributed by atoms with Crippen molar-refractivity contribution in [1.29, 1.82) is 0 Å². The number of carbonyl (C=O) groups is 1. The summed E-state index contributed by atoms with van der Waals surface area (Å²) in [5.41, 5.74) is 1.77. The predicted molar refractivity (Wildman–Crippen MR) is 89.2 cm³/mol. The molecule has 2 aromatic carbocycles. The fourth-order valence-electron chi connectivity index (χ4n) is 2.76. The van der Waals surface area contributed by atoms with Crippen molar-refractivity contribution in [3.8, 4) is 11.5 Å². The lowest BCUT2D eigenvalue weighted by Gasteiger charge is -2.18. The van der Waals surface area contributed by atoms with E-state index in [9.17, 15) is 9.18 Å². The van der Waals surface area contributed by atoms with E-state index < -0.39 is 5.92 Å². The van der Waals surface area contributed by atoms with Gasteiger partial charge in [-0.2, -0.15) is 0 Å². The highest BCUT2D eigenvalue weighted by atomic mass is 19.1. The summed E-state index contributed by atoms with van der Waals surface area (Å²) in [6, 6.07) is 13.2. The molecule has 122 valence electrons. The maximum absolute atomic E-state index is 13.2. The smallest absolute Gasteiger partial charge is 0.184 e. The van der Waals surface area contributed by atoms with Crippen molar-refractivity contribution in [1.82, 2.24) is 4.98 Å². The fraction of sp³-hybridized carbons (Fsp3) is 0.158. The number of carbonyl (C=O) groups excluding carboxylic acids is 1. The highest BCUT2D eigenvalue weighted by Gasteiger charge is 2.24. The van der Waals surface area contributed by atoms with Crippen LogP contribution in [0.1, 0.15) is 17.2 Å². The van der Waals surface area contributed by atoms with E-state index in [-0.39, 0.29) is 5.82 Å². The first-order valence-electron chi connectivity index (χ1n) is 7.41. The van der Waals surface area contributed by atoms with Crippen molar-refractivity contribution in [2.45, 2.75) is 5.92 Å². The second-order valence-electron chi connectivity index (χ2n) is 5.25. The number of fused-ring (bicyclic) bond motifs is 1. The molecule has 1 unspecified atom stereocenters. The molecule has 3 rings (SSSR count). The Balaban J connectivity index is 2.26. The van der Waals surface area contributed by atoms with Crippen molar-refractivity contribution >= 4 is 17.2 Å². The maximum atomic E-state index is 13.2. The summed E-state index contributed by atoms with van der Waals surface area (Å²) in [6.45, 7) is 0. The Kier molecular flexibility index (Phi) is 4.42. The molecule has 1 aromatic heterocycles. The molecule has 0 saturated heterocycles. The van der Waals surface area contributed by atoms with E-state index in [1.165, 1.54) is 19.2 Å². The molecule has 4 nitrogen and oxygen atoms in total. The average molecular weight is 325 g/mol. The van der Waals surface area contributed by atoms with Crippen LogP contribution >= 0.6 is 0 Å². The van der Waals surface area contributed by atoms with Crippen LogP contribution in [-0.2, 0) is 4.79 Å². The minimum atomic E-state index is -0.681. The van der Waals surface area contributed by atoms with Gasteiger partial charge in [0.2, 0.25) is 0 Å². The number of rotatable bonds is 5. The van der Waals surface area contributed by atoms with Crippen molar-refractivity contribution in [3.63, 3.8) is 0 Å². The molecule has 1 heterocycles. The van der Waals surface area contributed by atoms with Crippen molar-refractivity contribution in [3.05, 3.63) is 65.6 Å². The summed E-state index contributed by atoms with van der Waals surface area (Å²) < 4.78 is 24.2. The number of pyridine rings is 1. The molecule has 0 amide bonds. The number of hydrogen-bond donors (Lipinski definition) is 0. The fourth-order valence-corrected chi connectivity index (χ4v) is 2.76. The molecule has 24 heavy (non-hydrogen) atoms. The van der Waals surface area contributed by atoms with E-state index in [0.717, 1.165) is 11.7 Å². The number of ether oxygens (including phenoxy) is 2. The monoisotopic (exact) mass is 325 g/mol. The van der Waals surface area contributed by atoms with Crippen LogP contribution in [0, 0.1) is 5.82 Å². The lowest BCUT2D eigenvalue weighted by Crippen LogP contribution is -2.09. The van der Waals surface area contributed by atoms with E-state index in [2.05, 4.69) is 4.98 Å². The first-order chi connectivity index (χ1) is 11.7. The predicted octanol–water partition coefficient (Wildman–Crippen LogP) is 3.72. The molecule has 0 bridgehead atoms. The van der Waals surface area contributed by atoms with Crippen LogP contribution < -0.4 is 9.47 Å². The van der Waals surface area contributed by atoms with Gasteiger partial charge in [0.05, 0.1) is 25.7 Å². The minimum Gasteiger partial charge on any atom is -0.492 e. The highest BCUT2D eigenvalue weighted by Crippen LogP contribution is 2.41. The van der Waals surface area contributed by atoms with Crippen LogP contribution in [0.2, 0.25) is 0 Å². The van der Waals surface area contributed by atoms with Gasteiger partial charge in [-0.1, -0.05) is 24.3 Å². The molecule has 0 radical (unpaired) electrons. The number of hydrogen-bond acceptors (Lipinski definition) is 4. The molecule has 0 aliphatic heterocycles. The largest absolute Gasteiger partial charge is 0.492 e. The molecule has 0 aliphatic rings. The maximum Gasteiger partial charge on any atom is 0.184 e. The van der Waals surface area contributed by atoms with Crippen LogP contribution in [0.4, 0.5) is 4.39 Å². The Morgan fingerprint density at radius 1 is 1.00 bits per heavy atom. The topological polar surface area (TPSA) is 48.4 Å². The van der Waals surface area contributed by atoms with Crippen molar-refractivity contribution in [2.24, 2.45) is 0 Å². The second-order valence-corrected chi connectivity index (χ2v) is 5.25. The number of para-hydroxylation sites is 1. The summed E-state index contributed by atoms with van der Waals surface area (Å²) in [7, 11) is 3.05. The van der Waals surface area contributed by atoms with Crippen LogP contribution in [0.5, 0.6) is 11.5 Å². The minimum absolute atomic E-state index is 0.362. The molecule has 0 aliphatic carbocycles. The van der Waals surface area contributed by atoms with E-state index in [0.29, 0.717) is 28.3 Å².